The molecule has 1 aliphatic carbocycles. The Kier molecular flexibility index (Phi) is 3.43. The summed E-state index contributed by atoms with van der Waals surface area (Å²) >= 11 is 0. The topological polar surface area (TPSA) is 49.3 Å². The molecule has 2 unspecified atom stereocenters. The van der Waals surface area contributed by atoms with Crippen molar-refractivity contribution in [2.45, 2.75) is 31.8 Å². The smallest absolute Gasteiger partial charge is 0.320 e. The molecule has 0 amide bonds. The van der Waals surface area contributed by atoms with Gasteiger partial charge in [-0.2, -0.15) is 0 Å². The van der Waals surface area contributed by atoms with Gasteiger partial charge in [-0.3, -0.25) is 10.1 Å². The monoisotopic (exact) mass is 237 g/mol. The predicted molar refractivity (Wildman–Crippen MR) is 62.1 cm³/mol. The Balaban J connectivity index is 2.07. The summed E-state index contributed by atoms with van der Waals surface area (Å²) in [7, 11) is 0. The number of carboxylic acids is 1. The lowest BCUT2D eigenvalue weighted by Crippen LogP contribution is -2.40. The van der Waals surface area contributed by atoms with Gasteiger partial charge in [0.2, 0.25) is 0 Å². The van der Waals surface area contributed by atoms with Crippen molar-refractivity contribution in [1.29, 1.82) is 0 Å². The van der Waals surface area contributed by atoms with Crippen LogP contribution in [0.5, 0.6) is 0 Å². The summed E-state index contributed by atoms with van der Waals surface area (Å²) < 4.78 is 13.5. The molecule has 1 fully saturated rings. The molecule has 0 aromatic heterocycles. The van der Waals surface area contributed by atoms with E-state index >= 15 is 0 Å². The molecule has 0 bridgehead atoms. The number of hydrogen-bond acceptors (Lipinski definition) is 2. The van der Waals surface area contributed by atoms with Crippen LogP contribution in [0.25, 0.3) is 0 Å². The fraction of sp³-hybridized carbons (Fsp3) is 0.462. The minimum absolute atomic E-state index is 0.196. The minimum Gasteiger partial charge on any atom is -0.480 e. The maximum atomic E-state index is 13.5. The summed E-state index contributed by atoms with van der Waals surface area (Å²) in [6, 6.07) is 5.59. The lowest BCUT2D eigenvalue weighted by atomic mass is 10.1. The molecular weight excluding hydrogens is 221 g/mol. The van der Waals surface area contributed by atoms with Gasteiger partial charge in [-0.25, -0.2) is 4.39 Å². The second kappa shape index (κ2) is 4.84. The molecular formula is C13H16FNO2. The van der Waals surface area contributed by atoms with Crippen LogP contribution < -0.4 is 5.32 Å². The zero-order valence-electron chi connectivity index (χ0n) is 9.69. The molecule has 92 valence electrons. The van der Waals surface area contributed by atoms with Gasteiger partial charge in [0.1, 0.15) is 11.9 Å². The normalized spacial score (nSPS) is 18.7. The Morgan fingerprint density at radius 1 is 1.47 bits per heavy atom. The van der Waals surface area contributed by atoms with E-state index in [1.54, 1.807) is 25.1 Å². The first kappa shape index (κ1) is 12.0. The van der Waals surface area contributed by atoms with Crippen LogP contribution in [0.15, 0.2) is 24.3 Å². The zero-order valence-corrected chi connectivity index (χ0v) is 9.69. The average molecular weight is 237 g/mol. The van der Waals surface area contributed by atoms with Crippen molar-refractivity contribution in [2.24, 2.45) is 5.92 Å². The van der Waals surface area contributed by atoms with Crippen LogP contribution in [-0.4, -0.2) is 17.1 Å². The van der Waals surface area contributed by atoms with Gasteiger partial charge in [-0.05, 0) is 31.7 Å². The van der Waals surface area contributed by atoms with E-state index in [0.29, 0.717) is 5.56 Å². The number of rotatable bonds is 5. The third kappa shape index (κ3) is 2.82. The van der Waals surface area contributed by atoms with Crippen LogP contribution in [0.3, 0.4) is 0 Å². The van der Waals surface area contributed by atoms with Crippen molar-refractivity contribution in [3.63, 3.8) is 0 Å². The third-order valence-corrected chi connectivity index (χ3v) is 3.16. The summed E-state index contributed by atoms with van der Waals surface area (Å²) in [4.78, 5) is 11.1. The van der Waals surface area contributed by atoms with Crippen LogP contribution >= 0.6 is 0 Å². The zero-order chi connectivity index (χ0) is 12.4. The summed E-state index contributed by atoms with van der Waals surface area (Å²) in [6.07, 6.45) is 1.88. The molecule has 17 heavy (non-hydrogen) atoms. The van der Waals surface area contributed by atoms with Gasteiger partial charge in [0.05, 0.1) is 0 Å². The molecule has 4 heteroatoms. The number of carbonyl (C=O) groups is 1. The van der Waals surface area contributed by atoms with Crippen molar-refractivity contribution in [3.05, 3.63) is 35.6 Å². The highest BCUT2D eigenvalue weighted by atomic mass is 19.1. The standard InChI is InChI=1S/C13H16FNO2/c1-8(10-4-2-3-5-11(10)14)15-12(13(16)17)9-6-7-9/h2-5,8-9,12,15H,6-7H2,1H3,(H,16,17). The van der Waals surface area contributed by atoms with E-state index in [2.05, 4.69) is 5.32 Å². The quantitative estimate of drug-likeness (QED) is 0.826. The van der Waals surface area contributed by atoms with E-state index in [1.807, 2.05) is 0 Å². The number of carboxylic acid groups (broad SMARTS) is 1. The molecule has 1 aliphatic rings. The molecule has 3 nitrogen and oxygen atoms in total. The predicted octanol–water partition coefficient (Wildman–Crippen LogP) is 2.34. The first-order chi connectivity index (χ1) is 8.09. The summed E-state index contributed by atoms with van der Waals surface area (Å²) in [5, 5.41) is 12.1. The van der Waals surface area contributed by atoms with Crippen LogP contribution in [0.4, 0.5) is 4.39 Å². The number of nitrogens with one attached hydrogen (secondary N) is 1. The van der Waals surface area contributed by atoms with Crippen LogP contribution in [-0.2, 0) is 4.79 Å². The fourth-order valence-electron chi connectivity index (χ4n) is 2.02. The van der Waals surface area contributed by atoms with Gasteiger partial charge in [-0.15, -0.1) is 0 Å². The van der Waals surface area contributed by atoms with Gasteiger partial charge in [0.15, 0.2) is 0 Å². The lowest BCUT2D eigenvalue weighted by Gasteiger charge is -2.20. The van der Waals surface area contributed by atoms with Gasteiger partial charge < -0.3 is 5.11 Å². The SMILES string of the molecule is CC(NC(C(=O)O)C1CC1)c1ccccc1F. The number of halogens is 1. The van der Waals surface area contributed by atoms with E-state index < -0.39 is 12.0 Å². The molecule has 0 spiro atoms. The Bertz CT molecular complexity index is 418. The molecule has 0 radical (unpaired) electrons. The van der Waals surface area contributed by atoms with Crippen molar-refractivity contribution >= 4 is 5.97 Å². The van der Waals surface area contributed by atoms with Crippen LogP contribution in [0.1, 0.15) is 31.4 Å². The number of aliphatic carboxylic acids is 1. The highest BCUT2D eigenvalue weighted by Crippen LogP contribution is 2.34. The van der Waals surface area contributed by atoms with E-state index in [0.717, 1.165) is 12.8 Å². The second-order valence-electron chi connectivity index (χ2n) is 4.56. The number of benzene rings is 1. The van der Waals surface area contributed by atoms with E-state index in [4.69, 9.17) is 5.11 Å². The Hall–Kier alpha value is -1.42. The molecule has 0 aliphatic heterocycles. The fourth-order valence-corrected chi connectivity index (χ4v) is 2.02. The summed E-state index contributed by atoms with van der Waals surface area (Å²) in [6.45, 7) is 1.79. The summed E-state index contributed by atoms with van der Waals surface area (Å²) in [5.41, 5.74) is 0.513. The minimum atomic E-state index is -0.851. The van der Waals surface area contributed by atoms with Crippen LogP contribution in [0, 0.1) is 11.7 Å². The van der Waals surface area contributed by atoms with Gasteiger partial charge in [-0.1, -0.05) is 18.2 Å². The highest BCUT2D eigenvalue weighted by Gasteiger charge is 2.37. The highest BCUT2D eigenvalue weighted by molar-refractivity contribution is 5.74. The van der Waals surface area contributed by atoms with Crippen LogP contribution in [0.2, 0.25) is 0 Å². The molecule has 2 N–H and O–H groups in total. The Morgan fingerprint density at radius 2 is 2.12 bits per heavy atom. The molecule has 0 heterocycles. The van der Waals surface area contributed by atoms with Gasteiger partial charge in [0, 0.05) is 11.6 Å². The second-order valence-corrected chi connectivity index (χ2v) is 4.56. The van der Waals surface area contributed by atoms with Crippen molar-refractivity contribution in [1.82, 2.24) is 5.32 Å². The Labute approximate surface area is 99.7 Å². The molecule has 1 aromatic rings. The maximum Gasteiger partial charge on any atom is 0.320 e. The molecule has 2 atom stereocenters. The Morgan fingerprint density at radius 3 is 2.65 bits per heavy atom. The van der Waals surface area contributed by atoms with E-state index in [1.165, 1.54) is 6.07 Å². The maximum absolute atomic E-state index is 13.5. The third-order valence-electron chi connectivity index (χ3n) is 3.16. The van der Waals surface area contributed by atoms with Gasteiger partial charge >= 0.3 is 5.97 Å². The van der Waals surface area contributed by atoms with Crippen molar-refractivity contribution in [2.75, 3.05) is 0 Å². The average Bonchev–Trinajstić information content (AvgIpc) is 3.09. The number of hydrogen-bond donors (Lipinski definition) is 2. The molecule has 1 aromatic carbocycles. The molecule has 1 saturated carbocycles. The lowest BCUT2D eigenvalue weighted by molar-refractivity contribution is -0.140. The van der Waals surface area contributed by atoms with Gasteiger partial charge in [0.25, 0.3) is 0 Å². The largest absolute Gasteiger partial charge is 0.480 e. The first-order valence-electron chi connectivity index (χ1n) is 5.83. The van der Waals surface area contributed by atoms with Crippen molar-refractivity contribution in [3.8, 4) is 0 Å². The van der Waals surface area contributed by atoms with E-state index in [9.17, 15) is 9.18 Å². The molecule has 0 saturated heterocycles. The first-order valence-corrected chi connectivity index (χ1v) is 5.83. The summed E-state index contributed by atoms with van der Waals surface area (Å²) in [5.74, 6) is -0.954. The van der Waals surface area contributed by atoms with Crippen molar-refractivity contribution < 1.29 is 14.3 Å². The molecule has 2 rings (SSSR count). The van der Waals surface area contributed by atoms with E-state index in [-0.39, 0.29) is 17.8 Å².